The lowest BCUT2D eigenvalue weighted by atomic mass is 10.1. The van der Waals surface area contributed by atoms with Gasteiger partial charge in [-0.25, -0.2) is 8.42 Å². The van der Waals surface area contributed by atoms with E-state index in [-0.39, 0.29) is 34.6 Å². The summed E-state index contributed by atoms with van der Waals surface area (Å²) in [6.45, 7) is 3.83. The van der Waals surface area contributed by atoms with E-state index in [9.17, 15) is 13.2 Å². The number of carbonyl (C=O) groups is 1. The summed E-state index contributed by atoms with van der Waals surface area (Å²) in [5.41, 5.74) is 1.94. The van der Waals surface area contributed by atoms with Gasteiger partial charge >= 0.3 is 0 Å². The second-order valence-corrected chi connectivity index (χ2v) is 10.5. The van der Waals surface area contributed by atoms with E-state index in [1.165, 1.54) is 11.8 Å². The Labute approximate surface area is 159 Å². The molecule has 0 aromatic heterocycles. The third-order valence-electron chi connectivity index (χ3n) is 4.95. The van der Waals surface area contributed by atoms with Gasteiger partial charge in [0.05, 0.1) is 17.5 Å². The number of rotatable bonds is 4. The predicted octanol–water partition coefficient (Wildman–Crippen LogP) is 2.40. The highest BCUT2D eigenvalue weighted by atomic mass is 32.2. The molecule has 1 amide bonds. The standard InChI is InChI=1S/C18H25N3O3S2/c1-5-12(2)17(22)19-18-21(14-8-6-13(7-9-14)20(3)4)15-10-26(23,24)11-16(15)25-18/h6-9,12,15-16H,5,10-11H2,1-4H3/t12-,15-,16+/m1/s1. The van der Waals surface area contributed by atoms with Crippen molar-refractivity contribution in [1.29, 1.82) is 0 Å². The molecule has 1 aromatic rings. The molecule has 2 fully saturated rings. The van der Waals surface area contributed by atoms with Crippen molar-refractivity contribution in [2.75, 3.05) is 35.4 Å². The van der Waals surface area contributed by atoms with Crippen molar-refractivity contribution in [2.24, 2.45) is 10.9 Å². The van der Waals surface area contributed by atoms with Crippen LogP contribution in [0.5, 0.6) is 0 Å². The van der Waals surface area contributed by atoms with Crippen LogP contribution in [0.1, 0.15) is 20.3 Å². The quantitative estimate of drug-likeness (QED) is 0.780. The van der Waals surface area contributed by atoms with Crippen LogP contribution in [0.15, 0.2) is 29.3 Å². The molecule has 8 heteroatoms. The van der Waals surface area contributed by atoms with Crippen LogP contribution in [0.3, 0.4) is 0 Å². The van der Waals surface area contributed by atoms with Gasteiger partial charge in [0.25, 0.3) is 5.91 Å². The molecule has 0 bridgehead atoms. The van der Waals surface area contributed by atoms with Crippen LogP contribution in [-0.2, 0) is 14.6 Å². The number of aliphatic imine (C=N–C) groups is 1. The monoisotopic (exact) mass is 395 g/mol. The van der Waals surface area contributed by atoms with Gasteiger partial charge in [-0.15, -0.1) is 0 Å². The zero-order valence-electron chi connectivity index (χ0n) is 15.5. The van der Waals surface area contributed by atoms with Crippen LogP contribution < -0.4 is 9.80 Å². The topological polar surface area (TPSA) is 70.0 Å². The number of thioether (sulfide) groups is 1. The summed E-state index contributed by atoms with van der Waals surface area (Å²) in [4.78, 5) is 20.6. The number of sulfone groups is 1. The molecule has 2 aliphatic rings. The molecule has 0 radical (unpaired) electrons. The number of anilines is 2. The van der Waals surface area contributed by atoms with Crippen molar-refractivity contribution in [3.63, 3.8) is 0 Å². The van der Waals surface area contributed by atoms with Gasteiger partial charge in [-0.3, -0.25) is 4.79 Å². The molecule has 142 valence electrons. The van der Waals surface area contributed by atoms with Gasteiger partial charge in [0.15, 0.2) is 15.0 Å². The van der Waals surface area contributed by atoms with Gasteiger partial charge in [-0.1, -0.05) is 25.6 Å². The fourth-order valence-electron chi connectivity index (χ4n) is 3.16. The van der Waals surface area contributed by atoms with E-state index >= 15 is 0 Å². The van der Waals surface area contributed by atoms with Crippen LogP contribution in [0, 0.1) is 5.92 Å². The van der Waals surface area contributed by atoms with Crippen molar-refractivity contribution in [2.45, 2.75) is 31.6 Å². The van der Waals surface area contributed by atoms with E-state index in [0.717, 1.165) is 17.8 Å². The molecule has 0 unspecified atom stereocenters. The summed E-state index contributed by atoms with van der Waals surface area (Å²) in [5.74, 6) is -0.0279. The van der Waals surface area contributed by atoms with Crippen molar-refractivity contribution in [3.05, 3.63) is 24.3 Å². The first-order valence-electron chi connectivity index (χ1n) is 8.78. The van der Waals surface area contributed by atoms with Gasteiger partial charge in [-0.05, 0) is 30.7 Å². The van der Waals surface area contributed by atoms with Crippen LogP contribution in [0.4, 0.5) is 11.4 Å². The van der Waals surface area contributed by atoms with Crippen LogP contribution in [0.25, 0.3) is 0 Å². The highest BCUT2D eigenvalue weighted by Crippen LogP contribution is 2.41. The molecule has 0 aliphatic carbocycles. The van der Waals surface area contributed by atoms with Gasteiger partial charge in [0.1, 0.15) is 0 Å². The number of amides is 1. The Bertz CT molecular complexity index is 819. The van der Waals surface area contributed by atoms with Crippen LogP contribution in [0.2, 0.25) is 0 Å². The summed E-state index contributed by atoms with van der Waals surface area (Å²) < 4.78 is 24.2. The fourth-order valence-corrected chi connectivity index (χ4v) is 7.08. The first-order valence-corrected chi connectivity index (χ1v) is 11.5. The van der Waals surface area contributed by atoms with Crippen molar-refractivity contribution >= 4 is 44.0 Å². The second kappa shape index (κ2) is 7.23. The molecule has 0 spiro atoms. The Balaban J connectivity index is 1.97. The van der Waals surface area contributed by atoms with Crippen LogP contribution >= 0.6 is 11.8 Å². The lowest BCUT2D eigenvalue weighted by molar-refractivity contribution is -0.121. The molecular weight excluding hydrogens is 370 g/mol. The largest absolute Gasteiger partial charge is 0.378 e. The average molecular weight is 396 g/mol. The van der Waals surface area contributed by atoms with Crippen LogP contribution in [-0.4, -0.2) is 56.4 Å². The minimum Gasteiger partial charge on any atom is -0.378 e. The Morgan fingerprint density at radius 3 is 2.54 bits per heavy atom. The van der Waals surface area contributed by atoms with Crippen molar-refractivity contribution in [1.82, 2.24) is 0 Å². The molecule has 0 N–H and O–H groups in total. The number of carbonyl (C=O) groups excluding carboxylic acids is 1. The maximum Gasteiger partial charge on any atom is 0.250 e. The zero-order valence-corrected chi connectivity index (χ0v) is 17.2. The van der Waals surface area contributed by atoms with Crippen molar-refractivity contribution in [3.8, 4) is 0 Å². The highest BCUT2D eigenvalue weighted by molar-refractivity contribution is 8.16. The van der Waals surface area contributed by atoms with Gasteiger partial charge in [0, 0.05) is 36.6 Å². The smallest absolute Gasteiger partial charge is 0.250 e. The number of nitrogens with zero attached hydrogens (tertiary/aromatic N) is 3. The highest BCUT2D eigenvalue weighted by Gasteiger charge is 2.49. The summed E-state index contributed by atoms with van der Waals surface area (Å²) in [5, 5.41) is 0.551. The molecule has 2 heterocycles. The molecule has 26 heavy (non-hydrogen) atoms. The van der Waals surface area contributed by atoms with Gasteiger partial charge in [-0.2, -0.15) is 4.99 Å². The fraction of sp³-hybridized carbons (Fsp3) is 0.556. The summed E-state index contributed by atoms with van der Waals surface area (Å²) in [7, 11) is 0.889. The minimum atomic E-state index is -3.05. The average Bonchev–Trinajstić information content (AvgIpc) is 3.04. The Morgan fingerprint density at radius 1 is 1.31 bits per heavy atom. The SMILES string of the molecule is CC[C@@H](C)C(=O)N=C1S[C@H]2CS(=O)(=O)C[C@H]2N1c1ccc(N(C)C)cc1. The van der Waals surface area contributed by atoms with E-state index in [1.54, 1.807) is 0 Å². The zero-order chi connectivity index (χ0) is 19.1. The van der Waals surface area contributed by atoms with E-state index in [2.05, 4.69) is 4.99 Å². The Hall–Kier alpha value is -1.54. The maximum absolute atomic E-state index is 12.3. The van der Waals surface area contributed by atoms with Gasteiger partial charge in [0.2, 0.25) is 0 Å². The third-order valence-corrected chi connectivity index (χ3v) is 8.16. The minimum absolute atomic E-state index is 0.0722. The van der Waals surface area contributed by atoms with Crippen molar-refractivity contribution < 1.29 is 13.2 Å². The van der Waals surface area contributed by atoms with E-state index in [1.807, 2.05) is 62.0 Å². The number of amidine groups is 1. The van der Waals surface area contributed by atoms with E-state index in [0.29, 0.717) is 5.17 Å². The molecule has 3 rings (SSSR count). The van der Waals surface area contributed by atoms with Gasteiger partial charge < -0.3 is 9.80 Å². The molecular formula is C18H25N3O3S2. The summed E-state index contributed by atoms with van der Waals surface area (Å²) in [6, 6.07) is 7.74. The predicted molar refractivity (Wildman–Crippen MR) is 109 cm³/mol. The number of benzene rings is 1. The normalized spacial score (nSPS) is 26.8. The summed E-state index contributed by atoms with van der Waals surface area (Å²) >= 11 is 1.42. The lowest BCUT2D eigenvalue weighted by Crippen LogP contribution is -2.37. The maximum atomic E-state index is 12.3. The molecule has 2 aliphatic heterocycles. The number of hydrogen-bond donors (Lipinski definition) is 0. The second-order valence-electron chi connectivity index (χ2n) is 7.12. The van der Waals surface area contributed by atoms with E-state index in [4.69, 9.17) is 0 Å². The number of hydrogen-bond acceptors (Lipinski definition) is 5. The first-order chi connectivity index (χ1) is 12.2. The Morgan fingerprint density at radius 2 is 1.96 bits per heavy atom. The molecule has 6 nitrogen and oxygen atoms in total. The summed E-state index contributed by atoms with van der Waals surface area (Å²) in [6.07, 6.45) is 0.735. The first kappa shape index (κ1) is 19.2. The number of fused-ring (bicyclic) bond motifs is 1. The molecule has 1 aromatic carbocycles. The third kappa shape index (κ3) is 3.76. The molecule has 3 atom stereocenters. The molecule has 2 saturated heterocycles. The Kier molecular flexibility index (Phi) is 5.35. The van der Waals surface area contributed by atoms with E-state index < -0.39 is 9.84 Å². The molecule has 0 saturated carbocycles. The lowest BCUT2D eigenvalue weighted by Gasteiger charge is -2.25.